The fourth-order valence-corrected chi connectivity index (χ4v) is 3.88. The molecule has 0 fully saturated rings. The first-order valence-electron chi connectivity index (χ1n) is 9.26. The first-order chi connectivity index (χ1) is 14.4. The number of carbonyl (C=O) groups excluding carboxylic acids is 1. The fourth-order valence-electron chi connectivity index (χ4n) is 3.03. The Balaban J connectivity index is 1.65. The second-order valence-corrected chi connectivity index (χ2v) is 7.77. The molecule has 0 aliphatic carbocycles. The molecule has 0 spiro atoms. The smallest absolute Gasteiger partial charge is 0.273 e. The van der Waals surface area contributed by atoms with Gasteiger partial charge in [0, 0.05) is 34.9 Å². The minimum Gasteiger partial charge on any atom is -0.322 e. The van der Waals surface area contributed by atoms with Crippen LogP contribution < -0.4 is 5.32 Å². The minimum absolute atomic E-state index is 0.0837. The van der Waals surface area contributed by atoms with Crippen LogP contribution in [0.4, 0.5) is 11.4 Å². The quantitative estimate of drug-likeness (QED) is 0.381. The predicted octanol–water partition coefficient (Wildman–Crippen LogP) is 4.19. The molecule has 0 unspecified atom stereocenters. The van der Waals surface area contributed by atoms with Gasteiger partial charge < -0.3 is 5.32 Å². The lowest BCUT2D eigenvalue weighted by Gasteiger charge is -2.10. The van der Waals surface area contributed by atoms with E-state index in [2.05, 4.69) is 20.6 Å². The Morgan fingerprint density at radius 2 is 1.93 bits per heavy atom. The number of hydrogen-bond donors (Lipinski definition) is 1. The van der Waals surface area contributed by atoms with E-state index in [9.17, 15) is 14.9 Å². The molecule has 0 atom stereocenters. The number of aryl methyl sites for hydroxylation is 3. The molecule has 9 nitrogen and oxygen atoms in total. The van der Waals surface area contributed by atoms with E-state index in [1.807, 2.05) is 32.0 Å². The van der Waals surface area contributed by atoms with Gasteiger partial charge >= 0.3 is 0 Å². The number of fused-ring (bicyclic) bond motifs is 1. The van der Waals surface area contributed by atoms with Crippen LogP contribution in [0, 0.1) is 24.0 Å². The van der Waals surface area contributed by atoms with Crippen LogP contribution in [-0.2, 0) is 6.42 Å². The zero-order valence-corrected chi connectivity index (χ0v) is 17.4. The summed E-state index contributed by atoms with van der Waals surface area (Å²) in [5, 5.41) is 27.6. The van der Waals surface area contributed by atoms with Crippen molar-refractivity contribution in [3.05, 3.63) is 69.0 Å². The third-order valence-corrected chi connectivity index (χ3v) is 5.72. The van der Waals surface area contributed by atoms with E-state index in [0.29, 0.717) is 16.2 Å². The first kappa shape index (κ1) is 19.6. The first-order valence-corrected chi connectivity index (χ1v) is 10.1. The third-order valence-electron chi connectivity index (χ3n) is 4.77. The topological polar surface area (TPSA) is 115 Å². The molecule has 0 saturated carbocycles. The Morgan fingerprint density at radius 3 is 2.67 bits per heavy atom. The third kappa shape index (κ3) is 3.52. The van der Waals surface area contributed by atoms with Gasteiger partial charge in [-0.3, -0.25) is 14.9 Å². The SMILES string of the molecule is CCc1nnc2sc(-c3ccc(C)c(NC(=O)c4ccc(C)c([N+](=O)[O-])c4)c3)nn12. The highest BCUT2D eigenvalue weighted by atomic mass is 32.1. The number of nitro groups is 1. The number of rotatable bonds is 5. The molecule has 0 aliphatic heterocycles. The number of nitrogens with zero attached hydrogens (tertiary/aromatic N) is 5. The van der Waals surface area contributed by atoms with Crippen LogP contribution in [0.25, 0.3) is 15.5 Å². The molecule has 2 heterocycles. The molecule has 0 aliphatic rings. The van der Waals surface area contributed by atoms with Crippen LogP contribution in [0.3, 0.4) is 0 Å². The predicted molar refractivity (Wildman–Crippen MR) is 114 cm³/mol. The molecule has 4 aromatic rings. The average Bonchev–Trinajstić information content (AvgIpc) is 3.30. The summed E-state index contributed by atoms with van der Waals surface area (Å²) in [6.45, 7) is 5.51. The molecule has 152 valence electrons. The van der Waals surface area contributed by atoms with E-state index >= 15 is 0 Å². The maximum atomic E-state index is 12.7. The summed E-state index contributed by atoms with van der Waals surface area (Å²) in [5.74, 6) is 0.374. The van der Waals surface area contributed by atoms with Crippen molar-refractivity contribution in [2.75, 3.05) is 5.32 Å². The molecule has 1 amide bonds. The number of benzene rings is 2. The van der Waals surface area contributed by atoms with E-state index in [0.717, 1.165) is 28.4 Å². The Labute approximate surface area is 175 Å². The second-order valence-electron chi connectivity index (χ2n) is 6.81. The van der Waals surface area contributed by atoms with Crippen molar-refractivity contribution < 1.29 is 9.72 Å². The molecular formula is C20H18N6O3S. The Kier molecular flexibility index (Phi) is 5.00. The highest BCUT2D eigenvalue weighted by molar-refractivity contribution is 7.19. The number of nitrogens with one attached hydrogen (secondary N) is 1. The fraction of sp³-hybridized carbons (Fsp3) is 0.200. The number of aromatic nitrogens is 4. The summed E-state index contributed by atoms with van der Waals surface area (Å²) in [6.07, 6.45) is 0.724. The summed E-state index contributed by atoms with van der Waals surface area (Å²) in [6, 6.07) is 10.1. The number of carbonyl (C=O) groups is 1. The maximum absolute atomic E-state index is 12.7. The average molecular weight is 422 g/mol. The van der Waals surface area contributed by atoms with Crippen LogP contribution in [0.1, 0.15) is 34.2 Å². The maximum Gasteiger partial charge on any atom is 0.273 e. The lowest BCUT2D eigenvalue weighted by atomic mass is 10.1. The highest BCUT2D eigenvalue weighted by Crippen LogP contribution is 2.30. The molecular weight excluding hydrogens is 404 g/mol. The monoisotopic (exact) mass is 422 g/mol. The zero-order valence-electron chi connectivity index (χ0n) is 16.5. The van der Waals surface area contributed by atoms with Crippen molar-refractivity contribution in [3.8, 4) is 10.6 Å². The summed E-state index contributed by atoms with van der Waals surface area (Å²) >= 11 is 1.41. The Morgan fingerprint density at radius 1 is 1.17 bits per heavy atom. The van der Waals surface area contributed by atoms with Gasteiger partial charge in [-0.2, -0.15) is 9.61 Å². The molecule has 0 bridgehead atoms. The molecule has 0 radical (unpaired) electrons. The van der Waals surface area contributed by atoms with Crippen LogP contribution >= 0.6 is 11.3 Å². The molecule has 0 saturated heterocycles. The van der Waals surface area contributed by atoms with Gasteiger partial charge in [0.25, 0.3) is 11.6 Å². The standard InChI is InChI=1S/C20H18N6O3S/c1-4-17-22-23-20-25(17)24-19(30-20)14-8-5-11(2)15(9-14)21-18(27)13-7-6-12(3)16(10-13)26(28)29/h5-10H,4H2,1-3H3,(H,21,27). The van der Waals surface area contributed by atoms with E-state index in [1.165, 1.54) is 17.4 Å². The van der Waals surface area contributed by atoms with Gasteiger partial charge in [-0.05, 0) is 31.5 Å². The summed E-state index contributed by atoms with van der Waals surface area (Å²) < 4.78 is 1.73. The van der Waals surface area contributed by atoms with E-state index in [4.69, 9.17) is 0 Å². The normalized spacial score (nSPS) is 11.0. The highest BCUT2D eigenvalue weighted by Gasteiger charge is 2.17. The lowest BCUT2D eigenvalue weighted by Crippen LogP contribution is -2.13. The minimum atomic E-state index is -0.490. The van der Waals surface area contributed by atoms with Crippen LogP contribution in [0.15, 0.2) is 36.4 Å². The second kappa shape index (κ2) is 7.64. The molecule has 2 aromatic carbocycles. The van der Waals surface area contributed by atoms with Crippen molar-refractivity contribution in [3.63, 3.8) is 0 Å². The van der Waals surface area contributed by atoms with Gasteiger partial charge in [0.05, 0.1) is 4.92 Å². The zero-order chi connectivity index (χ0) is 21.4. The van der Waals surface area contributed by atoms with Crippen molar-refractivity contribution in [1.82, 2.24) is 19.8 Å². The number of amides is 1. The van der Waals surface area contributed by atoms with E-state index in [-0.39, 0.29) is 11.3 Å². The van der Waals surface area contributed by atoms with Crippen LogP contribution in [0.5, 0.6) is 0 Å². The van der Waals surface area contributed by atoms with Crippen molar-refractivity contribution in [2.45, 2.75) is 27.2 Å². The van der Waals surface area contributed by atoms with Crippen molar-refractivity contribution in [1.29, 1.82) is 0 Å². The molecule has 1 N–H and O–H groups in total. The summed E-state index contributed by atoms with van der Waals surface area (Å²) in [7, 11) is 0. The summed E-state index contributed by atoms with van der Waals surface area (Å²) in [5.41, 5.74) is 2.96. The molecule has 30 heavy (non-hydrogen) atoms. The van der Waals surface area contributed by atoms with Gasteiger partial charge in [0.15, 0.2) is 5.82 Å². The number of nitro benzene ring substituents is 1. The molecule has 2 aromatic heterocycles. The lowest BCUT2D eigenvalue weighted by molar-refractivity contribution is -0.385. The van der Waals surface area contributed by atoms with E-state index < -0.39 is 10.8 Å². The van der Waals surface area contributed by atoms with Gasteiger partial charge in [0.2, 0.25) is 4.96 Å². The van der Waals surface area contributed by atoms with E-state index in [1.54, 1.807) is 23.6 Å². The Hall–Kier alpha value is -3.66. The van der Waals surface area contributed by atoms with Crippen LogP contribution in [0.2, 0.25) is 0 Å². The van der Waals surface area contributed by atoms with Gasteiger partial charge in [-0.15, -0.1) is 10.2 Å². The van der Waals surface area contributed by atoms with Gasteiger partial charge in [-0.1, -0.05) is 36.5 Å². The molecule has 10 heteroatoms. The van der Waals surface area contributed by atoms with Crippen LogP contribution in [-0.4, -0.2) is 30.6 Å². The Bertz CT molecular complexity index is 1290. The number of hydrogen-bond acceptors (Lipinski definition) is 7. The van der Waals surface area contributed by atoms with Crippen molar-refractivity contribution >= 4 is 33.6 Å². The van der Waals surface area contributed by atoms with Crippen molar-refractivity contribution in [2.24, 2.45) is 0 Å². The molecule has 4 rings (SSSR count). The van der Waals surface area contributed by atoms with Gasteiger partial charge in [0.1, 0.15) is 5.01 Å². The van der Waals surface area contributed by atoms with Gasteiger partial charge in [-0.25, -0.2) is 0 Å². The largest absolute Gasteiger partial charge is 0.322 e. The summed E-state index contributed by atoms with van der Waals surface area (Å²) in [4.78, 5) is 24.1. The number of anilines is 1.